The average molecular weight is 999 g/mol. The Bertz CT molecular complexity index is 3190. The first-order valence-corrected chi connectivity index (χ1v) is 25.5. The van der Waals surface area contributed by atoms with E-state index in [2.05, 4.69) is 35.3 Å². The van der Waals surface area contributed by atoms with Crippen LogP contribution in [0.4, 0.5) is 31.3 Å². The van der Waals surface area contributed by atoms with Crippen molar-refractivity contribution in [2.75, 3.05) is 87.6 Å². The Morgan fingerprint density at radius 3 is 2.40 bits per heavy atom. The molecule has 0 bridgehead atoms. The summed E-state index contributed by atoms with van der Waals surface area (Å²) < 4.78 is 30.9. The standard InChI is InChI=1S/C50H59FN16O6/c1-27(2)67-47-38(44(52)54-26-55-47)40(58-67)41-37(43(73-60-41)31-5-6-31)45-53-19-33(28(3)56-45)30-11-16-64(17-12-30)49(71)72-21-36(69)63-14-9-29(10-15-63)20-62-22-50(23-62)24-65(25-50)34-8-7-32-42(39(34)51)61(4)59-46(32)66-18-13-35(68)57-48(66)70/h7-8,19,26-27,29-31H,5-6,9-18,20-25H2,1-4H3,(H2,52,54,55)(H,57,68,70). The number of fused-ring (bicyclic) bond motifs is 2. The Morgan fingerprint density at radius 1 is 0.932 bits per heavy atom. The van der Waals surface area contributed by atoms with E-state index in [1.165, 1.54) is 15.9 Å². The number of carbonyl (C=O) groups is 4. The summed E-state index contributed by atoms with van der Waals surface area (Å²) in [5, 5.41) is 17.3. The van der Waals surface area contributed by atoms with Gasteiger partial charge in [-0.15, -0.1) is 0 Å². The van der Waals surface area contributed by atoms with Gasteiger partial charge in [0.05, 0.1) is 16.6 Å². The molecular formula is C50H59FN16O6. The summed E-state index contributed by atoms with van der Waals surface area (Å²) in [5.74, 6) is 1.83. The van der Waals surface area contributed by atoms with Crippen LogP contribution in [0, 0.1) is 24.1 Å². The van der Waals surface area contributed by atoms with Crippen molar-refractivity contribution in [3.05, 3.63) is 47.5 Å². The predicted molar refractivity (Wildman–Crippen MR) is 265 cm³/mol. The second-order valence-corrected chi connectivity index (χ2v) is 21.3. The van der Waals surface area contributed by atoms with Gasteiger partial charge >= 0.3 is 12.1 Å². The van der Waals surface area contributed by atoms with E-state index in [1.807, 2.05) is 42.6 Å². The normalized spacial score (nSPS) is 19.9. The maximum Gasteiger partial charge on any atom is 0.410 e. The smallest absolute Gasteiger partial charge is 0.410 e. The molecule has 0 radical (unpaired) electrons. The second kappa shape index (κ2) is 18.0. The fourth-order valence-corrected chi connectivity index (χ4v) is 11.9. The Labute approximate surface area is 419 Å². The molecule has 6 aliphatic rings. The number of piperidine rings is 2. The fraction of sp³-hybridized carbons (Fsp3) is 0.540. The first-order chi connectivity index (χ1) is 35.2. The van der Waals surface area contributed by atoms with Crippen molar-refractivity contribution in [2.24, 2.45) is 18.4 Å². The molecule has 1 aromatic carbocycles. The first-order valence-electron chi connectivity index (χ1n) is 25.5. The monoisotopic (exact) mass is 998 g/mol. The average Bonchev–Trinajstić information content (AvgIpc) is 3.83. The number of hydrogen-bond acceptors (Lipinski definition) is 16. The Morgan fingerprint density at radius 2 is 1.68 bits per heavy atom. The summed E-state index contributed by atoms with van der Waals surface area (Å²) in [4.78, 5) is 78.7. The zero-order valence-electron chi connectivity index (χ0n) is 41.5. The number of nitrogens with two attached hydrogens (primary N) is 1. The number of nitrogen functional groups attached to an aromatic ring is 1. The van der Waals surface area contributed by atoms with Crippen LogP contribution in [0.2, 0.25) is 0 Å². The number of carbonyl (C=O) groups excluding carboxylic acids is 4. The topological polar surface area (TPSA) is 245 Å². The third kappa shape index (κ3) is 8.33. The molecule has 0 atom stereocenters. The third-order valence-electron chi connectivity index (χ3n) is 15.9. The highest BCUT2D eigenvalue weighted by Crippen LogP contribution is 2.49. The Balaban J connectivity index is 0.591. The SMILES string of the molecule is Cc1nc(-c2c(-c3nn(C(C)C)c4ncnc(N)c34)noc2C2CC2)ncc1C1CCN(C(=O)OCC(=O)N2CCC(CN3CC4(C3)CN(c3ccc5c(N6CCC(=O)NC6=O)nn(C)c5c3F)C4)CC2)CC1. The van der Waals surface area contributed by atoms with Gasteiger partial charge in [-0.1, -0.05) is 5.16 Å². The zero-order valence-corrected chi connectivity index (χ0v) is 41.5. The van der Waals surface area contributed by atoms with Crippen molar-refractivity contribution in [2.45, 2.75) is 83.6 Å². The number of urea groups is 1. The van der Waals surface area contributed by atoms with Gasteiger partial charge in [-0.25, -0.2) is 38.6 Å². The summed E-state index contributed by atoms with van der Waals surface area (Å²) in [6, 6.07) is 3.03. The second-order valence-electron chi connectivity index (χ2n) is 21.3. The van der Waals surface area contributed by atoms with Crippen molar-refractivity contribution in [1.29, 1.82) is 0 Å². The number of nitrogens with one attached hydrogen (secondary N) is 1. The van der Waals surface area contributed by atoms with Crippen LogP contribution in [0.15, 0.2) is 29.2 Å². The lowest BCUT2D eigenvalue weighted by Crippen LogP contribution is -2.72. The van der Waals surface area contributed by atoms with Crippen LogP contribution in [0.3, 0.4) is 0 Å². The van der Waals surface area contributed by atoms with E-state index in [-0.39, 0.29) is 60.5 Å². The molecule has 22 nitrogen and oxygen atoms in total. The Hall–Kier alpha value is -7.30. The maximum absolute atomic E-state index is 16.0. The predicted octanol–water partition coefficient (Wildman–Crippen LogP) is 5.14. The molecule has 23 heteroatoms. The minimum Gasteiger partial charge on any atom is -0.439 e. The van der Waals surface area contributed by atoms with Crippen LogP contribution in [-0.4, -0.2) is 155 Å². The highest BCUT2D eigenvalue weighted by Gasteiger charge is 2.52. The maximum atomic E-state index is 16.0. The number of ether oxygens (including phenoxy) is 1. The van der Waals surface area contributed by atoms with Gasteiger partial charge in [0.15, 0.2) is 35.5 Å². The molecule has 10 heterocycles. The number of nitrogens with zero attached hydrogens (tertiary/aromatic N) is 14. The molecule has 1 saturated carbocycles. The number of imide groups is 1. The summed E-state index contributed by atoms with van der Waals surface area (Å²) in [5.41, 5.74) is 11.6. The quantitative estimate of drug-likeness (QED) is 0.171. The molecule has 5 aliphatic heterocycles. The number of amides is 5. The first kappa shape index (κ1) is 46.8. The van der Waals surface area contributed by atoms with Crippen molar-refractivity contribution < 1.29 is 32.8 Å². The van der Waals surface area contributed by atoms with Crippen LogP contribution >= 0.6 is 0 Å². The zero-order chi connectivity index (χ0) is 50.4. The summed E-state index contributed by atoms with van der Waals surface area (Å²) >= 11 is 0. The minimum atomic E-state index is -0.554. The number of aromatic nitrogens is 9. The van der Waals surface area contributed by atoms with E-state index in [4.69, 9.17) is 30.1 Å². The van der Waals surface area contributed by atoms with Gasteiger partial charge in [0.2, 0.25) is 5.91 Å². The molecule has 382 valence electrons. The molecule has 5 amide bonds. The van der Waals surface area contributed by atoms with Crippen LogP contribution in [-0.2, 0) is 21.4 Å². The summed E-state index contributed by atoms with van der Waals surface area (Å²) in [7, 11) is 1.66. The number of anilines is 3. The Kier molecular flexibility index (Phi) is 11.5. The molecular weight excluding hydrogens is 940 g/mol. The molecule has 6 fully saturated rings. The van der Waals surface area contributed by atoms with E-state index in [0.717, 1.165) is 75.4 Å². The number of halogens is 1. The van der Waals surface area contributed by atoms with E-state index >= 15 is 4.39 Å². The van der Waals surface area contributed by atoms with Crippen molar-refractivity contribution in [3.63, 3.8) is 0 Å². The number of benzene rings is 1. The van der Waals surface area contributed by atoms with Gasteiger partial charge in [0.25, 0.3) is 5.91 Å². The lowest BCUT2D eigenvalue weighted by Gasteiger charge is -2.61. The van der Waals surface area contributed by atoms with E-state index in [0.29, 0.717) is 107 Å². The van der Waals surface area contributed by atoms with Crippen LogP contribution in [0.25, 0.3) is 44.7 Å². The van der Waals surface area contributed by atoms with Crippen LogP contribution < -0.4 is 20.9 Å². The molecule has 1 aliphatic carbocycles. The lowest BCUT2D eigenvalue weighted by molar-refractivity contribution is -0.136. The summed E-state index contributed by atoms with van der Waals surface area (Å²) in [6.07, 6.45) is 8.15. The molecule has 3 N–H and O–H groups in total. The van der Waals surface area contributed by atoms with E-state index < -0.39 is 12.1 Å². The van der Waals surface area contributed by atoms with Gasteiger partial charge in [-0.05, 0) is 88.8 Å². The molecule has 1 spiro atoms. The molecule has 73 heavy (non-hydrogen) atoms. The highest BCUT2D eigenvalue weighted by molar-refractivity contribution is 6.09. The number of rotatable bonds is 11. The number of aryl methyl sites for hydroxylation is 2. The van der Waals surface area contributed by atoms with E-state index in [9.17, 15) is 19.2 Å². The molecule has 5 saturated heterocycles. The third-order valence-corrected chi connectivity index (χ3v) is 15.9. The largest absolute Gasteiger partial charge is 0.439 e. The highest BCUT2D eigenvalue weighted by atomic mass is 19.1. The molecule has 5 aromatic heterocycles. The van der Waals surface area contributed by atoms with Crippen molar-refractivity contribution in [3.8, 4) is 22.8 Å². The van der Waals surface area contributed by atoms with Gasteiger partial charge < -0.3 is 34.6 Å². The van der Waals surface area contributed by atoms with Crippen molar-refractivity contribution >= 4 is 63.2 Å². The number of hydrogen-bond donors (Lipinski definition) is 2. The lowest BCUT2D eigenvalue weighted by atomic mass is 9.72. The van der Waals surface area contributed by atoms with Gasteiger partial charge in [0.1, 0.15) is 29.0 Å². The van der Waals surface area contributed by atoms with Gasteiger partial charge in [-0.2, -0.15) is 10.2 Å². The molecule has 12 rings (SSSR count). The minimum absolute atomic E-state index is 0.0125. The van der Waals surface area contributed by atoms with E-state index in [1.54, 1.807) is 18.0 Å². The number of likely N-dealkylation sites (tertiary alicyclic amines) is 3. The molecule has 0 unspecified atom stereocenters. The van der Waals surface area contributed by atoms with Gasteiger partial charge in [0, 0.05) is 114 Å². The van der Waals surface area contributed by atoms with Crippen LogP contribution in [0.1, 0.15) is 93.7 Å². The van der Waals surface area contributed by atoms with Gasteiger partial charge in [-0.3, -0.25) is 24.5 Å². The summed E-state index contributed by atoms with van der Waals surface area (Å²) in [6.45, 7) is 12.5. The van der Waals surface area contributed by atoms with Crippen molar-refractivity contribution in [1.82, 2.24) is 64.7 Å². The van der Waals surface area contributed by atoms with Crippen LogP contribution in [0.5, 0.6) is 0 Å². The molecule has 6 aromatic rings. The fourth-order valence-electron chi connectivity index (χ4n) is 11.9.